The van der Waals surface area contributed by atoms with Crippen molar-refractivity contribution in [3.05, 3.63) is 28.8 Å². The number of carbonyl (C=O) groups is 1. The molecule has 22 heavy (non-hydrogen) atoms. The van der Waals surface area contributed by atoms with E-state index in [1.54, 1.807) is 0 Å². The third kappa shape index (κ3) is 3.20. The summed E-state index contributed by atoms with van der Waals surface area (Å²) in [7, 11) is 3.75. The average Bonchev–Trinajstić information content (AvgIpc) is 2.42. The van der Waals surface area contributed by atoms with Crippen LogP contribution in [0.5, 0.6) is 5.75 Å². The van der Waals surface area contributed by atoms with Gasteiger partial charge in [-0.3, -0.25) is 4.79 Å². The zero-order chi connectivity index (χ0) is 16.2. The van der Waals surface area contributed by atoms with Gasteiger partial charge in [0.2, 0.25) is 0 Å². The van der Waals surface area contributed by atoms with Crippen LogP contribution in [-0.2, 0) is 0 Å². The zero-order valence-corrected chi connectivity index (χ0v) is 13.5. The third-order valence-corrected chi connectivity index (χ3v) is 4.34. The van der Waals surface area contributed by atoms with Gasteiger partial charge in [0, 0.05) is 35.8 Å². The number of ether oxygens (including phenoxy) is 1. The Bertz CT molecular complexity index is 545. The summed E-state index contributed by atoms with van der Waals surface area (Å²) in [6, 6.07) is 3.75. The van der Waals surface area contributed by atoms with Crippen LogP contribution in [0.1, 0.15) is 34.3 Å². The summed E-state index contributed by atoms with van der Waals surface area (Å²) in [5.41, 5.74) is 2.51. The van der Waals surface area contributed by atoms with Gasteiger partial charge in [-0.15, -0.1) is 0 Å². The van der Waals surface area contributed by atoms with Crippen LogP contribution >= 0.6 is 0 Å². The molecule has 0 bridgehead atoms. The van der Waals surface area contributed by atoms with E-state index in [0.29, 0.717) is 22.3 Å². The fraction of sp³-hybridized carbons (Fsp3) is 0.529. The fourth-order valence-electron chi connectivity index (χ4n) is 3.07. The van der Waals surface area contributed by atoms with Crippen molar-refractivity contribution >= 4 is 12.5 Å². The quantitative estimate of drug-likeness (QED) is 0.585. The van der Waals surface area contributed by atoms with Gasteiger partial charge < -0.3 is 20.8 Å². The van der Waals surface area contributed by atoms with Crippen molar-refractivity contribution in [2.24, 2.45) is 5.41 Å². The lowest BCUT2D eigenvalue weighted by Crippen LogP contribution is -2.62. The van der Waals surface area contributed by atoms with E-state index >= 15 is 0 Å². The Labute approximate surface area is 132 Å². The molecule has 0 atom stereocenters. The smallest absolute Gasteiger partial charge is 0.151 e. The summed E-state index contributed by atoms with van der Waals surface area (Å²) >= 11 is 0. The first-order chi connectivity index (χ1) is 10.6. The molecule has 1 saturated carbocycles. The molecule has 5 nitrogen and oxygen atoms in total. The van der Waals surface area contributed by atoms with E-state index in [4.69, 9.17) is 10.1 Å². The normalized spacial score (nSPS) is 18.5. The molecule has 1 aromatic carbocycles. The molecule has 1 heterocycles. The van der Waals surface area contributed by atoms with Gasteiger partial charge in [-0.1, -0.05) is 6.07 Å². The molecular formula is C17H25N3O2. The Morgan fingerprint density at radius 2 is 1.95 bits per heavy atom. The van der Waals surface area contributed by atoms with Crippen LogP contribution in [0.2, 0.25) is 0 Å². The van der Waals surface area contributed by atoms with Crippen LogP contribution in [0.4, 0.5) is 0 Å². The van der Waals surface area contributed by atoms with Crippen molar-refractivity contribution in [1.29, 1.82) is 5.41 Å². The molecule has 2 aliphatic rings. The molecule has 3 N–H and O–H groups in total. The second kappa shape index (κ2) is 7.03. The van der Waals surface area contributed by atoms with Gasteiger partial charge in [0.05, 0.1) is 6.10 Å². The molecule has 1 aliphatic heterocycles. The standard InChI is InChI=1S/C15H18N2O2.C2H7N/c1-10-2-3-14(12(6-16)13(10)7-18)19-11-4-15(5-11)8-17-9-15;1-3-2/h2-3,6-7,11,16-17H,4-5,8-9H2,1H3;3H,1-2H3. The molecular weight excluding hydrogens is 278 g/mol. The molecule has 0 aromatic heterocycles. The molecule has 3 rings (SSSR count). The van der Waals surface area contributed by atoms with Crippen LogP contribution in [0.3, 0.4) is 0 Å². The molecule has 120 valence electrons. The molecule has 1 spiro atoms. The summed E-state index contributed by atoms with van der Waals surface area (Å²) in [6.07, 6.45) is 4.39. The monoisotopic (exact) mass is 303 g/mol. The Morgan fingerprint density at radius 3 is 2.41 bits per heavy atom. The van der Waals surface area contributed by atoms with E-state index in [2.05, 4.69) is 10.6 Å². The Hall–Kier alpha value is -1.72. The lowest BCUT2D eigenvalue weighted by atomic mass is 9.63. The highest BCUT2D eigenvalue weighted by Gasteiger charge is 2.49. The summed E-state index contributed by atoms with van der Waals surface area (Å²) in [5.74, 6) is 0.662. The van der Waals surface area contributed by atoms with Crippen molar-refractivity contribution in [1.82, 2.24) is 10.6 Å². The number of aldehydes is 1. The van der Waals surface area contributed by atoms with E-state index in [1.807, 2.05) is 33.2 Å². The van der Waals surface area contributed by atoms with Crippen molar-refractivity contribution in [3.63, 3.8) is 0 Å². The van der Waals surface area contributed by atoms with Crippen LogP contribution in [0.25, 0.3) is 0 Å². The minimum atomic E-state index is 0.225. The molecule has 1 aromatic rings. The maximum Gasteiger partial charge on any atom is 0.151 e. The number of rotatable bonds is 4. The number of hydrogen-bond donors (Lipinski definition) is 3. The molecule has 0 unspecified atom stereocenters. The van der Waals surface area contributed by atoms with Crippen LogP contribution in [0, 0.1) is 17.7 Å². The van der Waals surface area contributed by atoms with Gasteiger partial charge in [-0.2, -0.15) is 0 Å². The van der Waals surface area contributed by atoms with Crippen molar-refractivity contribution in [3.8, 4) is 5.75 Å². The minimum absolute atomic E-state index is 0.225. The first kappa shape index (κ1) is 16.6. The van der Waals surface area contributed by atoms with E-state index < -0.39 is 0 Å². The highest BCUT2D eigenvalue weighted by Crippen LogP contribution is 2.46. The Balaban J connectivity index is 0.000000545. The van der Waals surface area contributed by atoms with Gasteiger partial charge in [-0.25, -0.2) is 0 Å². The number of benzene rings is 1. The Morgan fingerprint density at radius 1 is 1.32 bits per heavy atom. The second-order valence-corrected chi connectivity index (χ2v) is 6.22. The van der Waals surface area contributed by atoms with Crippen molar-refractivity contribution in [2.75, 3.05) is 27.2 Å². The van der Waals surface area contributed by atoms with Crippen LogP contribution in [0.15, 0.2) is 12.1 Å². The summed E-state index contributed by atoms with van der Waals surface area (Å²) in [4.78, 5) is 11.1. The fourth-order valence-corrected chi connectivity index (χ4v) is 3.07. The third-order valence-electron chi connectivity index (χ3n) is 4.34. The maximum atomic E-state index is 11.1. The van der Waals surface area contributed by atoms with Gasteiger partial charge in [0.25, 0.3) is 0 Å². The van der Waals surface area contributed by atoms with E-state index in [1.165, 1.54) is 6.21 Å². The number of hydrogen-bond acceptors (Lipinski definition) is 5. The van der Waals surface area contributed by atoms with Gasteiger partial charge >= 0.3 is 0 Å². The van der Waals surface area contributed by atoms with E-state index in [0.717, 1.165) is 37.8 Å². The van der Waals surface area contributed by atoms with Crippen molar-refractivity contribution in [2.45, 2.75) is 25.9 Å². The predicted octanol–water partition coefficient (Wildman–Crippen LogP) is 1.77. The number of nitrogens with one attached hydrogen (secondary N) is 3. The highest BCUT2D eigenvalue weighted by molar-refractivity contribution is 5.95. The lowest BCUT2D eigenvalue weighted by molar-refractivity contribution is -0.0495. The Kier molecular flexibility index (Phi) is 5.32. The van der Waals surface area contributed by atoms with Crippen LogP contribution in [-0.4, -0.2) is 45.8 Å². The maximum absolute atomic E-state index is 11.1. The first-order valence-electron chi connectivity index (χ1n) is 7.64. The molecule has 1 aliphatic carbocycles. The van der Waals surface area contributed by atoms with Crippen LogP contribution < -0.4 is 15.4 Å². The molecule has 1 saturated heterocycles. The predicted molar refractivity (Wildman–Crippen MR) is 88.4 cm³/mol. The van der Waals surface area contributed by atoms with Gasteiger partial charge in [0.15, 0.2) is 6.29 Å². The topological polar surface area (TPSA) is 74.2 Å². The van der Waals surface area contributed by atoms with Gasteiger partial charge in [0.1, 0.15) is 5.75 Å². The zero-order valence-electron chi connectivity index (χ0n) is 13.5. The second-order valence-electron chi connectivity index (χ2n) is 6.22. The summed E-state index contributed by atoms with van der Waals surface area (Å²) in [6.45, 7) is 4.06. The molecule has 0 amide bonds. The largest absolute Gasteiger partial charge is 0.490 e. The van der Waals surface area contributed by atoms with E-state index in [-0.39, 0.29) is 6.10 Å². The summed E-state index contributed by atoms with van der Waals surface area (Å²) in [5, 5.41) is 13.5. The average molecular weight is 303 g/mol. The highest BCUT2D eigenvalue weighted by atomic mass is 16.5. The lowest BCUT2D eigenvalue weighted by Gasteiger charge is -2.53. The molecule has 5 heteroatoms. The summed E-state index contributed by atoms with van der Waals surface area (Å²) < 4.78 is 5.96. The van der Waals surface area contributed by atoms with E-state index in [9.17, 15) is 4.79 Å². The molecule has 0 radical (unpaired) electrons. The number of aryl methyl sites for hydroxylation is 1. The van der Waals surface area contributed by atoms with Crippen molar-refractivity contribution < 1.29 is 9.53 Å². The molecule has 2 fully saturated rings. The van der Waals surface area contributed by atoms with Gasteiger partial charge in [-0.05, 0) is 45.5 Å². The minimum Gasteiger partial charge on any atom is -0.490 e. The SMILES string of the molecule is CNC.Cc1ccc(OC2CC3(CNC3)C2)c(C=N)c1C=O. The number of carbonyl (C=O) groups excluding carboxylic acids is 1. The first-order valence-corrected chi connectivity index (χ1v) is 7.64.